The number of aromatic nitrogens is 2. The summed E-state index contributed by atoms with van der Waals surface area (Å²) in [4.78, 5) is 2.98. The molecule has 0 aliphatic rings. The van der Waals surface area contributed by atoms with Crippen LogP contribution in [0.2, 0.25) is 5.02 Å². The van der Waals surface area contributed by atoms with Crippen LogP contribution in [0.25, 0.3) is 11.0 Å². The molecule has 0 amide bonds. The molecule has 0 bridgehead atoms. The van der Waals surface area contributed by atoms with Crippen molar-refractivity contribution < 1.29 is 13.0 Å². The van der Waals surface area contributed by atoms with Gasteiger partial charge in [0.05, 0.1) is 12.8 Å². The van der Waals surface area contributed by atoms with E-state index in [2.05, 4.69) is 4.98 Å². The van der Waals surface area contributed by atoms with E-state index in [1.807, 2.05) is 24.3 Å². The first-order valence-corrected chi connectivity index (χ1v) is 8.44. The molecule has 1 heterocycles. The highest BCUT2D eigenvalue weighted by Gasteiger charge is 2.28. The van der Waals surface area contributed by atoms with Crippen LogP contribution in [0.4, 0.5) is 0 Å². The molecule has 2 aromatic carbocycles. The van der Waals surface area contributed by atoms with Crippen molar-refractivity contribution in [2.45, 2.75) is 10.9 Å². The number of benzene rings is 2. The number of halogens is 1. The fourth-order valence-corrected chi connectivity index (χ4v) is 4.01. The van der Waals surface area contributed by atoms with Gasteiger partial charge < -0.3 is 0 Å². The molecular weight excluding hydrogens is 308 g/mol. The van der Waals surface area contributed by atoms with Crippen molar-refractivity contribution in [2.24, 2.45) is 7.05 Å². The molecule has 0 unspecified atom stereocenters. The second kappa shape index (κ2) is 5.16. The van der Waals surface area contributed by atoms with E-state index in [1.165, 1.54) is 0 Å². The minimum Gasteiger partial charge on any atom is -0.227 e. The van der Waals surface area contributed by atoms with Crippen LogP contribution >= 0.6 is 11.6 Å². The van der Waals surface area contributed by atoms with E-state index in [0.717, 1.165) is 11.0 Å². The third kappa shape index (κ3) is 2.66. The topological polar surface area (TPSA) is 53.8 Å². The Morgan fingerprint density at radius 3 is 2.43 bits per heavy atom. The molecular formula is C15H14ClN2O2S+. The van der Waals surface area contributed by atoms with Gasteiger partial charge in [-0.2, -0.15) is 0 Å². The van der Waals surface area contributed by atoms with Gasteiger partial charge in [-0.05, 0) is 29.8 Å². The molecule has 0 saturated carbocycles. The van der Waals surface area contributed by atoms with Gasteiger partial charge in [0.15, 0.2) is 11.0 Å². The van der Waals surface area contributed by atoms with E-state index in [9.17, 15) is 8.42 Å². The molecule has 0 radical (unpaired) electrons. The average Bonchev–Trinajstić information content (AvgIpc) is 2.80. The lowest BCUT2D eigenvalue weighted by molar-refractivity contribution is -0.684. The molecule has 1 aromatic heterocycles. The zero-order valence-electron chi connectivity index (χ0n) is 11.4. The van der Waals surface area contributed by atoms with Gasteiger partial charge in [0.2, 0.25) is 0 Å². The van der Waals surface area contributed by atoms with Crippen LogP contribution < -0.4 is 4.57 Å². The molecule has 3 aromatic rings. The van der Waals surface area contributed by atoms with Crippen molar-refractivity contribution in [2.75, 3.05) is 0 Å². The summed E-state index contributed by atoms with van der Waals surface area (Å²) >= 11 is 5.82. The van der Waals surface area contributed by atoms with Gasteiger partial charge in [0, 0.05) is 5.02 Å². The molecule has 108 valence electrons. The maximum absolute atomic E-state index is 12.6. The minimum absolute atomic E-state index is 0.0647. The summed E-state index contributed by atoms with van der Waals surface area (Å²) in [6.45, 7) is 0. The largest absolute Gasteiger partial charge is 0.374 e. The Morgan fingerprint density at radius 2 is 1.76 bits per heavy atom. The number of nitrogens with zero attached hydrogens (tertiary/aromatic N) is 1. The summed E-state index contributed by atoms with van der Waals surface area (Å²) in [6.07, 6.45) is 0. The number of rotatable bonds is 3. The molecule has 0 atom stereocenters. The molecule has 0 fully saturated rings. The van der Waals surface area contributed by atoms with Crippen molar-refractivity contribution in [3.05, 3.63) is 59.1 Å². The third-order valence-corrected chi connectivity index (χ3v) is 5.31. The first kappa shape index (κ1) is 14.1. The predicted molar refractivity (Wildman–Crippen MR) is 81.8 cm³/mol. The second-order valence-corrected chi connectivity index (χ2v) is 7.23. The van der Waals surface area contributed by atoms with Gasteiger partial charge in [-0.1, -0.05) is 35.9 Å². The van der Waals surface area contributed by atoms with E-state index in [1.54, 1.807) is 35.9 Å². The third-order valence-electron chi connectivity index (χ3n) is 3.38. The van der Waals surface area contributed by atoms with E-state index in [-0.39, 0.29) is 10.9 Å². The Kier molecular flexibility index (Phi) is 3.47. The van der Waals surface area contributed by atoms with Crippen LogP contribution in [-0.4, -0.2) is 13.4 Å². The van der Waals surface area contributed by atoms with Gasteiger partial charge in [0.1, 0.15) is 0 Å². The van der Waals surface area contributed by atoms with Crippen LogP contribution in [0.1, 0.15) is 5.56 Å². The lowest BCUT2D eigenvalue weighted by Gasteiger charge is -2.01. The van der Waals surface area contributed by atoms with Gasteiger partial charge in [-0.25, -0.2) is 18.0 Å². The van der Waals surface area contributed by atoms with E-state index < -0.39 is 9.84 Å². The first-order chi connectivity index (χ1) is 9.97. The van der Waals surface area contributed by atoms with Crippen molar-refractivity contribution in [1.29, 1.82) is 0 Å². The summed E-state index contributed by atoms with van der Waals surface area (Å²) < 4.78 is 26.9. The second-order valence-electron chi connectivity index (χ2n) is 4.89. The highest BCUT2D eigenvalue weighted by molar-refractivity contribution is 7.90. The van der Waals surface area contributed by atoms with E-state index >= 15 is 0 Å². The number of aryl methyl sites for hydroxylation is 1. The SMILES string of the molecule is C[n+]1c(S(=O)(=O)Cc2ccc(Cl)cc2)[nH]c2ccccc21. The van der Waals surface area contributed by atoms with Crippen LogP contribution in [0.3, 0.4) is 0 Å². The first-order valence-electron chi connectivity index (χ1n) is 6.41. The summed E-state index contributed by atoms with van der Waals surface area (Å²) in [7, 11) is -1.71. The molecule has 1 N–H and O–H groups in total. The van der Waals surface area contributed by atoms with Gasteiger partial charge in [0.25, 0.3) is 9.84 Å². The molecule has 6 heteroatoms. The monoisotopic (exact) mass is 321 g/mol. The Hall–Kier alpha value is -1.85. The number of nitrogens with one attached hydrogen (secondary N) is 1. The molecule has 0 aliphatic heterocycles. The molecule has 3 rings (SSSR count). The number of imidazole rings is 1. The smallest absolute Gasteiger partial charge is 0.227 e. The van der Waals surface area contributed by atoms with Crippen molar-refractivity contribution >= 4 is 32.5 Å². The molecule has 0 saturated heterocycles. The standard InChI is InChI=1S/C15H13ClN2O2S/c1-18-14-5-3-2-4-13(14)17-15(18)21(19,20)10-11-6-8-12(16)9-7-11/h2-9H,10H2,1H3/p+1. The van der Waals surface area contributed by atoms with Crippen LogP contribution in [-0.2, 0) is 22.6 Å². The van der Waals surface area contributed by atoms with Crippen molar-refractivity contribution in [3.63, 3.8) is 0 Å². The fraction of sp³-hybridized carbons (Fsp3) is 0.133. The van der Waals surface area contributed by atoms with Crippen LogP contribution in [0.15, 0.2) is 53.7 Å². The lowest BCUT2D eigenvalue weighted by Crippen LogP contribution is -2.34. The van der Waals surface area contributed by atoms with Crippen LogP contribution in [0, 0.1) is 0 Å². The van der Waals surface area contributed by atoms with Crippen LogP contribution in [0.5, 0.6) is 0 Å². The minimum atomic E-state index is -3.45. The van der Waals surface area contributed by atoms with Crippen molar-refractivity contribution in [3.8, 4) is 0 Å². The lowest BCUT2D eigenvalue weighted by atomic mass is 10.2. The average molecular weight is 322 g/mol. The Labute approximate surface area is 127 Å². The normalized spacial score (nSPS) is 11.9. The van der Waals surface area contributed by atoms with Gasteiger partial charge in [-0.3, -0.25) is 0 Å². The quantitative estimate of drug-likeness (QED) is 0.754. The highest BCUT2D eigenvalue weighted by atomic mass is 35.5. The number of fused-ring (bicyclic) bond motifs is 1. The number of hydrogen-bond acceptors (Lipinski definition) is 2. The summed E-state index contributed by atoms with van der Waals surface area (Å²) in [6, 6.07) is 14.3. The maximum atomic E-state index is 12.6. The number of para-hydroxylation sites is 2. The number of H-pyrrole nitrogens is 1. The maximum Gasteiger partial charge on any atom is 0.374 e. The van der Waals surface area contributed by atoms with Gasteiger partial charge >= 0.3 is 5.16 Å². The molecule has 4 nitrogen and oxygen atoms in total. The molecule has 0 spiro atoms. The fourth-order valence-electron chi connectivity index (χ4n) is 2.34. The predicted octanol–water partition coefficient (Wildman–Crippen LogP) is 2.62. The highest BCUT2D eigenvalue weighted by Crippen LogP contribution is 2.17. The zero-order chi connectivity index (χ0) is 15.0. The van der Waals surface area contributed by atoms with E-state index in [0.29, 0.717) is 10.6 Å². The zero-order valence-corrected chi connectivity index (χ0v) is 12.9. The molecule has 21 heavy (non-hydrogen) atoms. The van der Waals surface area contributed by atoms with E-state index in [4.69, 9.17) is 11.6 Å². The van der Waals surface area contributed by atoms with Gasteiger partial charge in [-0.15, -0.1) is 0 Å². The molecule has 0 aliphatic carbocycles. The summed E-state index contributed by atoms with van der Waals surface area (Å²) in [5.41, 5.74) is 2.36. The Balaban J connectivity index is 2.04. The number of hydrogen-bond donors (Lipinski definition) is 1. The summed E-state index contributed by atoms with van der Waals surface area (Å²) in [5.74, 6) is -0.0647. The number of sulfone groups is 1. The Morgan fingerprint density at radius 1 is 1.10 bits per heavy atom. The summed E-state index contributed by atoms with van der Waals surface area (Å²) in [5, 5.41) is 0.797. The Bertz CT molecular complexity index is 899. The number of aromatic amines is 1. The van der Waals surface area contributed by atoms with Crippen molar-refractivity contribution in [1.82, 2.24) is 4.98 Å².